The summed E-state index contributed by atoms with van der Waals surface area (Å²) in [6.45, 7) is 3.93. The van der Waals surface area contributed by atoms with Crippen LogP contribution >= 0.6 is 0 Å². The quantitative estimate of drug-likeness (QED) is 0.278. The average molecular weight is 516 g/mol. The SMILES string of the molecule is Cc1ccc2c(CC[C@H]3CC3(F)F)cccc2c1Oc1ncccc1-c1ccnc(N[C@H]2CCCNC2)n1. The lowest BCUT2D eigenvalue weighted by atomic mass is 9.97. The van der Waals surface area contributed by atoms with Crippen LogP contribution in [0.2, 0.25) is 0 Å². The number of halogens is 2. The van der Waals surface area contributed by atoms with Crippen LogP contribution in [0, 0.1) is 12.8 Å². The van der Waals surface area contributed by atoms with Crippen molar-refractivity contribution in [1.82, 2.24) is 20.3 Å². The van der Waals surface area contributed by atoms with Gasteiger partial charge in [0.05, 0.1) is 11.3 Å². The first kappa shape index (κ1) is 24.7. The number of hydrogen-bond donors (Lipinski definition) is 2. The molecule has 38 heavy (non-hydrogen) atoms. The minimum Gasteiger partial charge on any atom is -0.437 e. The van der Waals surface area contributed by atoms with Crippen molar-refractivity contribution in [3.63, 3.8) is 0 Å². The number of hydrogen-bond acceptors (Lipinski definition) is 6. The van der Waals surface area contributed by atoms with Gasteiger partial charge < -0.3 is 15.4 Å². The Kier molecular flexibility index (Phi) is 6.66. The number of pyridine rings is 1. The van der Waals surface area contributed by atoms with Gasteiger partial charge in [0.2, 0.25) is 11.8 Å². The first-order chi connectivity index (χ1) is 18.5. The molecule has 0 bridgehead atoms. The monoisotopic (exact) mass is 515 g/mol. The molecule has 6 nitrogen and oxygen atoms in total. The molecule has 0 radical (unpaired) electrons. The summed E-state index contributed by atoms with van der Waals surface area (Å²) in [6, 6.07) is 16.0. The number of alkyl halides is 2. The van der Waals surface area contributed by atoms with Crippen molar-refractivity contribution in [1.29, 1.82) is 0 Å². The number of nitrogens with zero attached hydrogens (tertiary/aromatic N) is 3. The van der Waals surface area contributed by atoms with Gasteiger partial charge in [0, 0.05) is 42.7 Å². The zero-order valence-electron chi connectivity index (χ0n) is 21.4. The molecule has 2 fully saturated rings. The Labute approximate surface area is 220 Å². The highest BCUT2D eigenvalue weighted by atomic mass is 19.3. The fraction of sp³-hybridized carbons (Fsp3) is 0.367. The number of benzene rings is 2. The molecule has 1 saturated heterocycles. The molecule has 196 valence electrons. The molecule has 2 N–H and O–H groups in total. The Morgan fingerprint density at radius 2 is 1.95 bits per heavy atom. The predicted molar refractivity (Wildman–Crippen MR) is 145 cm³/mol. The number of piperidine rings is 1. The van der Waals surface area contributed by atoms with Gasteiger partial charge in [0.25, 0.3) is 5.92 Å². The molecule has 6 rings (SSSR count). The summed E-state index contributed by atoms with van der Waals surface area (Å²) < 4.78 is 33.4. The van der Waals surface area contributed by atoms with Crippen LogP contribution in [0.4, 0.5) is 14.7 Å². The van der Waals surface area contributed by atoms with Gasteiger partial charge >= 0.3 is 0 Å². The second kappa shape index (κ2) is 10.3. The fourth-order valence-corrected chi connectivity index (χ4v) is 5.27. The highest BCUT2D eigenvalue weighted by Gasteiger charge is 2.55. The van der Waals surface area contributed by atoms with Gasteiger partial charge in [-0.2, -0.15) is 0 Å². The van der Waals surface area contributed by atoms with E-state index in [4.69, 9.17) is 9.72 Å². The molecule has 0 amide bonds. The molecule has 8 heteroatoms. The third-order valence-corrected chi connectivity index (χ3v) is 7.55. The molecule has 1 aliphatic carbocycles. The van der Waals surface area contributed by atoms with Gasteiger partial charge in [-0.1, -0.05) is 30.3 Å². The van der Waals surface area contributed by atoms with Crippen LogP contribution in [0.5, 0.6) is 11.6 Å². The third kappa shape index (κ3) is 5.18. The summed E-state index contributed by atoms with van der Waals surface area (Å²) in [6.07, 6.45) is 6.75. The van der Waals surface area contributed by atoms with E-state index in [1.165, 1.54) is 0 Å². The highest BCUT2D eigenvalue weighted by molar-refractivity contribution is 5.92. The third-order valence-electron chi connectivity index (χ3n) is 7.55. The minimum absolute atomic E-state index is 0.00547. The molecule has 2 aromatic carbocycles. The van der Waals surface area contributed by atoms with E-state index in [-0.39, 0.29) is 6.42 Å². The van der Waals surface area contributed by atoms with E-state index in [0.717, 1.165) is 59.1 Å². The summed E-state index contributed by atoms with van der Waals surface area (Å²) in [7, 11) is 0. The van der Waals surface area contributed by atoms with Crippen molar-refractivity contribution in [2.24, 2.45) is 5.92 Å². The molecule has 3 heterocycles. The lowest BCUT2D eigenvalue weighted by Gasteiger charge is -2.23. The standard InChI is InChI=1S/C30H31F2N5O/c1-19-9-12-23-20(10-11-21-17-30(21,31)32)5-2-7-24(23)27(19)38-28-25(8-4-15-34-28)26-13-16-35-29(37-26)36-22-6-3-14-33-18-22/h2,4-5,7-9,12-13,15-16,21-22,33H,3,6,10-11,14,17-18H2,1H3,(H,35,36,37)/t21-,22-/m0/s1. The van der Waals surface area contributed by atoms with Crippen molar-refractivity contribution in [3.8, 4) is 22.9 Å². The summed E-state index contributed by atoms with van der Waals surface area (Å²) >= 11 is 0. The Bertz CT molecular complexity index is 1450. The van der Waals surface area contributed by atoms with Crippen molar-refractivity contribution in [3.05, 3.63) is 72.1 Å². The molecule has 0 unspecified atom stereocenters. The number of aryl methyl sites for hydroxylation is 2. The van der Waals surface area contributed by atoms with E-state index in [1.54, 1.807) is 12.4 Å². The van der Waals surface area contributed by atoms with Crippen molar-refractivity contribution < 1.29 is 13.5 Å². The van der Waals surface area contributed by atoms with Crippen LogP contribution < -0.4 is 15.4 Å². The van der Waals surface area contributed by atoms with Gasteiger partial charge in [-0.25, -0.2) is 23.7 Å². The van der Waals surface area contributed by atoms with E-state index in [9.17, 15) is 8.78 Å². The fourth-order valence-electron chi connectivity index (χ4n) is 5.27. The second-order valence-corrected chi connectivity index (χ2v) is 10.3. The number of fused-ring (bicyclic) bond motifs is 1. The highest BCUT2D eigenvalue weighted by Crippen LogP contribution is 2.51. The largest absolute Gasteiger partial charge is 0.437 e. The van der Waals surface area contributed by atoms with Crippen LogP contribution in [0.15, 0.2) is 60.9 Å². The van der Waals surface area contributed by atoms with Crippen molar-refractivity contribution >= 4 is 16.7 Å². The number of nitrogens with one attached hydrogen (secondary N) is 2. The predicted octanol–water partition coefficient (Wildman–Crippen LogP) is 6.54. The molecule has 1 saturated carbocycles. The second-order valence-electron chi connectivity index (χ2n) is 10.3. The molecule has 2 aliphatic rings. The van der Waals surface area contributed by atoms with Gasteiger partial charge in [0.15, 0.2) is 0 Å². The Morgan fingerprint density at radius 1 is 1.05 bits per heavy atom. The molecule has 1 aliphatic heterocycles. The summed E-state index contributed by atoms with van der Waals surface area (Å²) in [5.74, 6) is -1.25. The van der Waals surface area contributed by atoms with Crippen LogP contribution in [0.25, 0.3) is 22.0 Å². The van der Waals surface area contributed by atoms with Crippen LogP contribution in [-0.2, 0) is 6.42 Å². The van der Waals surface area contributed by atoms with Crippen LogP contribution in [0.1, 0.15) is 36.8 Å². The van der Waals surface area contributed by atoms with Gasteiger partial charge in [-0.05, 0) is 73.9 Å². The summed E-state index contributed by atoms with van der Waals surface area (Å²) in [4.78, 5) is 13.7. The zero-order chi connectivity index (χ0) is 26.1. The van der Waals surface area contributed by atoms with E-state index in [2.05, 4.69) is 26.7 Å². The topological polar surface area (TPSA) is 72.0 Å². The van der Waals surface area contributed by atoms with Gasteiger partial charge in [0.1, 0.15) is 5.75 Å². The molecule has 2 aromatic heterocycles. The lowest BCUT2D eigenvalue weighted by Crippen LogP contribution is -2.38. The van der Waals surface area contributed by atoms with E-state index in [1.807, 2.05) is 49.4 Å². The Balaban J connectivity index is 1.29. The van der Waals surface area contributed by atoms with E-state index in [0.29, 0.717) is 36.5 Å². The average Bonchev–Trinajstić information content (AvgIpc) is 3.56. The Hall–Kier alpha value is -3.65. The lowest BCUT2D eigenvalue weighted by molar-refractivity contribution is 0.0971. The molecule has 4 aromatic rings. The van der Waals surface area contributed by atoms with Gasteiger partial charge in [-0.3, -0.25) is 0 Å². The summed E-state index contributed by atoms with van der Waals surface area (Å²) in [5.41, 5.74) is 3.51. The van der Waals surface area contributed by atoms with E-state index < -0.39 is 11.8 Å². The number of anilines is 1. The van der Waals surface area contributed by atoms with Crippen LogP contribution in [-0.4, -0.2) is 40.0 Å². The number of aromatic nitrogens is 3. The molecule has 0 spiro atoms. The number of ether oxygens (including phenoxy) is 1. The maximum atomic E-state index is 13.4. The van der Waals surface area contributed by atoms with Crippen molar-refractivity contribution in [2.45, 2.75) is 51.0 Å². The van der Waals surface area contributed by atoms with Gasteiger partial charge in [-0.15, -0.1) is 0 Å². The maximum Gasteiger partial charge on any atom is 0.251 e. The normalized spacial score (nSPS) is 20.3. The summed E-state index contributed by atoms with van der Waals surface area (Å²) in [5, 5.41) is 8.80. The molecular weight excluding hydrogens is 484 g/mol. The molecule has 2 atom stereocenters. The zero-order valence-corrected chi connectivity index (χ0v) is 21.4. The molecular formula is C30H31F2N5O. The first-order valence-corrected chi connectivity index (χ1v) is 13.3. The Morgan fingerprint density at radius 3 is 2.76 bits per heavy atom. The maximum absolute atomic E-state index is 13.4. The smallest absolute Gasteiger partial charge is 0.251 e. The number of rotatable bonds is 8. The van der Waals surface area contributed by atoms with Crippen LogP contribution in [0.3, 0.4) is 0 Å². The van der Waals surface area contributed by atoms with E-state index >= 15 is 0 Å². The van der Waals surface area contributed by atoms with Crippen molar-refractivity contribution in [2.75, 3.05) is 18.4 Å². The minimum atomic E-state index is -2.49. The first-order valence-electron chi connectivity index (χ1n) is 13.3.